The van der Waals surface area contributed by atoms with E-state index in [2.05, 4.69) is 40.7 Å². The Morgan fingerprint density at radius 3 is 1.80 bits per heavy atom. The standard InChI is InChI=1S/C59H96O27/c1-24-34(64)38(68)42(72)49(79-24)84-46-29(20-61)81-48(45(75)41(46)71)78-22-30-37(67)40(70)44(74)51(82-30)86-53(76)59-16-14-54(2,3)18-26(59)25-8-9-32-55(4)12-11-33(56(5,23-62)31(55)10-13-58(32,7)57(25,6)15-17-59)83-52-47(35(65)27(63)21-77-52)85-50-43(73)39(69)36(66)28(19-60)80-50/h8,24,26-52,60-75H,9-23H2,1-7H3/t24-,26+,27-,28+,29+,30+,31+,32+,33-,34-,35-,36+,37+,38+,39-,40-,41+,42+,43+,44+,45+,46+,47+,48+,49-,50-,51-,52-,55-,56-,57+,58+,59-/m0/s1. The third kappa shape index (κ3) is 11.2. The van der Waals surface area contributed by atoms with Crippen LogP contribution in [0.15, 0.2) is 11.6 Å². The molecule has 494 valence electrons. The highest BCUT2D eigenvalue weighted by atomic mass is 16.8. The number of rotatable bonds is 14. The molecule has 0 amide bonds. The fraction of sp³-hybridized carbons (Fsp3) is 0.949. The molecule has 0 aromatic rings. The molecule has 10 rings (SSSR count). The monoisotopic (exact) mass is 1240 g/mol. The van der Waals surface area contributed by atoms with Gasteiger partial charge in [-0.2, -0.15) is 0 Å². The van der Waals surface area contributed by atoms with Gasteiger partial charge in [-0.3, -0.25) is 4.79 Å². The minimum atomic E-state index is -1.91. The first-order chi connectivity index (χ1) is 40.4. The van der Waals surface area contributed by atoms with E-state index in [1.54, 1.807) is 0 Å². The maximum atomic E-state index is 15.2. The first-order valence-electron chi connectivity index (χ1n) is 30.8. The molecule has 16 N–H and O–H groups in total. The minimum Gasteiger partial charge on any atom is -0.432 e. The molecule has 5 heterocycles. The third-order valence-electron chi connectivity index (χ3n) is 23.2. The SMILES string of the molecule is C[C@@H]1O[C@@H](O[C@H]2[C@H](O)[C@@H](O)[C@H](OC[C@H]3O[C@@H](OC(=O)[C@]45CCC(C)(C)C[C@@H]4C4=CC[C@@H]6[C@@]7(C)CC[C@H](O[C@@H]8OC[C@H](O)[C@H](O)[C@H]8O[C@@H]8O[C@H](CO)[C@@H](O)[C@H](O)[C@H]8O)[C@@](C)(CO)[C@@H]7CC[C@@]6(C)[C@]4(C)CC5)[C@H](O)[C@@H](O)[C@@H]3O)O[C@@H]2CO)[C@H](O)[C@H](O)[C@H]1O. The molecule has 10 aliphatic rings. The number of hydrogen-bond acceptors (Lipinski definition) is 27. The van der Waals surface area contributed by atoms with Crippen LogP contribution >= 0.6 is 0 Å². The minimum absolute atomic E-state index is 0.0953. The number of ether oxygens (including phenoxy) is 10. The molecule has 27 heteroatoms. The number of esters is 1. The molecule has 4 saturated carbocycles. The number of aliphatic hydroxyl groups is 16. The van der Waals surface area contributed by atoms with Gasteiger partial charge in [-0.15, -0.1) is 0 Å². The van der Waals surface area contributed by atoms with E-state index in [9.17, 15) is 81.7 Å². The molecule has 0 aromatic carbocycles. The van der Waals surface area contributed by atoms with Crippen molar-refractivity contribution in [2.24, 2.45) is 50.2 Å². The van der Waals surface area contributed by atoms with Crippen LogP contribution in [0.3, 0.4) is 0 Å². The van der Waals surface area contributed by atoms with Crippen LogP contribution in [0.2, 0.25) is 0 Å². The van der Waals surface area contributed by atoms with E-state index in [4.69, 9.17) is 47.4 Å². The highest BCUT2D eigenvalue weighted by Gasteiger charge is 2.71. The van der Waals surface area contributed by atoms with Gasteiger partial charge >= 0.3 is 5.97 Å². The normalized spacial score (nSPS) is 54.8. The zero-order valence-corrected chi connectivity index (χ0v) is 50.0. The van der Waals surface area contributed by atoms with Gasteiger partial charge in [0.15, 0.2) is 25.2 Å². The van der Waals surface area contributed by atoms with E-state index in [0.29, 0.717) is 57.8 Å². The first-order valence-corrected chi connectivity index (χ1v) is 30.8. The van der Waals surface area contributed by atoms with E-state index in [0.717, 1.165) is 6.42 Å². The molecule has 5 saturated heterocycles. The van der Waals surface area contributed by atoms with Crippen molar-refractivity contribution in [3.63, 3.8) is 0 Å². The predicted molar refractivity (Wildman–Crippen MR) is 289 cm³/mol. The number of aliphatic hydroxyl groups excluding tert-OH is 16. The molecule has 0 aromatic heterocycles. The molecule has 9 fully saturated rings. The van der Waals surface area contributed by atoms with Crippen molar-refractivity contribution >= 4 is 5.97 Å². The number of allylic oxidation sites excluding steroid dienone is 2. The highest BCUT2D eigenvalue weighted by molar-refractivity contribution is 5.79. The van der Waals surface area contributed by atoms with Gasteiger partial charge in [-0.05, 0) is 111 Å². The summed E-state index contributed by atoms with van der Waals surface area (Å²) in [4.78, 5) is 15.2. The van der Waals surface area contributed by atoms with Crippen LogP contribution in [0.1, 0.15) is 113 Å². The van der Waals surface area contributed by atoms with Gasteiger partial charge in [0, 0.05) is 5.41 Å². The van der Waals surface area contributed by atoms with Crippen molar-refractivity contribution in [1.82, 2.24) is 0 Å². The zero-order chi connectivity index (χ0) is 62.7. The van der Waals surface area contributed by atoms with Crippen molar-refractivity contribution in [2.75, 3.05) is 33.0 Å². The molecule has 0 radical (unpaired) electrons. The lowest BCUT2D eigenvalue weighted by Gasteiger charge is -2.71. The van der Waals surface area contributed by atoms with Crippen LogP contribution in [-0.4, -0.2) is 274 Å². The lowest BCUT2D eigenvalue weighted by molar-refractivity contribution is -0.368. The molecule has 5 aliphatic heterocycles. The molecular formula is C59H96O27. The Balaban J connectivity index is 0.833. The smallest absolute Gasteiger partial charge is 0.315 e. The van der Waals surface area contributed by atoms with Crippen LogP contribution < -0.4 is 0 Å². The molecular weight excluding hydrogens is 1140 g/mol. The molecule has 27 nitrogen and oxygen atoms in total. The molecule has 5 aliphatic carbocycles. The van der Waals surface area contributed by atoms with Crippen LogP contribution in [0.4, 0.5) is 0 Å². The average Bonchev–Trinajstić information content (AvgIpc) is 0.679. The summed E-state index contributed by atoms with van der Waals surface area (Å²) in [6, 6.07) is 0. The van der Waals surface area contributed by atoms with Gasteiger partial charge in [0.25, 0.3) is 0 Å². The molecule has 0 spiro atoms. The molecule has 86 heavy (non-hydrogen) atoms. The second-order valence-corrected chi connectivity index (χ2v) is 28.5. The van der Waals surface area contributed by atoms with Crippen molar-refractivity contribution in [3.8, 4) is 0 Å². The second kappa shape index (κ2) is 24.9. The van der Waals surface area contributed by atoms with E-state index in [1.165, 1.54) is 12.5 Å². The summed E-state index contributed by atoms with van der Waals surface area (Å²) >= 11 is 0. The molecule has 0 bridgehead atoms. The Morgan fingerprint density at radius 2 is 1.14 bits per heavy atom. The van der Waals surface area contributed by atoms with Crippen LogP contribution in [0.25, 0.3) is 0 Å². The predicted octanol–water partition coefficient (Wildman–Crippen LogP) is -3.57. The topological polar surface area (TPSA) is 433 Å². The van der Waals surface area contributed by atoms with E-state index < -0.39 is 196 Å². The first kappa shape index (κ1) is 67.1. The van der Waals surface area contributed by atoms with Crippen LogP contribution in [0, 0.1) is 50.2 Å². The quantitative estimate of drug-likeness (QED) is 0.0454. The number of hydrogen-bond donors (Lipinski definition) is 16. The van der Waals surface area contributed by atoms with Crippen molar-refractivity contribution in [2.45, 2.75) is 266 Å². The number of carbonyl (C=O) groups is 1. The summed E-state index contributed by atoms with van der Waals surface area (Å²) in [5.41, 5.74) is -2.06. The Morgan fingerprint density at radius 1 is 0.558 bits per heavy atom. The highest BCUT2D eigenvalue weighted by Crippen LogP contribution is 2.76. The van der Waals surface area contributed by atoms with Gasteiger partial charge in [-0.1, -0.05) is 53.2 Å². The lowest BCUT2D eigenvalue weighted by Crippen LogP contribution is -2.67. The van der Waals surface area contributed by atoms with Crippen molar-refractivity contribution in [3.05, 3.63) is 11.6 Å². The zero-order valence-electron chi connectivity index (χ0n) is 50.0. The van der Waals surface area contributed by atoms with Gasteiger partial charge in [-0.25, -0.2) is 0 Å². The maximum Gasteiger partial charge on any atom is 0.315 e. The van der Waals surface area contributed by atoms with Crippen LogP contribution in [-0.2, 0) is 52.2 Å². The average molecular weight is 1240 g/mol. The fourth-order valence-corrected chi connectivity index (χ4v) is 17.6. The largest absolute Gasteiger partial charge is 0.432 e. The summed E-state index contributed by atoms with van der Waals surface area (Å²) in [7, 11) is 0. The van der Waals surface area contributed by atoms with E-state index in [1.807, 2.05) is 6.92 Å². The second-order valence-electron chi connectivity index (χ2n) is 28.5. The Labute approximate surface area is 499 Å². The summed E-state index contributed by atoms with van der Waals surface area (Å²) in [6.45, 7) is 12.0. The molecule has 33 atom stereocenters. The van der Waals surface area contributed by atoms with E-state index >= 15 is 4.79 Å². The Kier molecular flexibility index (Phi) is 19.4. The number of carbonyl (C=O) groups excluding carboxylic acids is 1. The summed E-state index contributed by atoms with van der Waals surface area (Å²) in [6.07, 6.45) is -31.2. The Bertz CT molecular complexity index is 2380. The van der Waals surface area contributed by atoms with Crippen molar-refractivity contribution < 1.29 is 134 Å². The van der Waals surface area contributed by atoms with Gasteiger partial charge in [0.05, 0.1) is 50.7 Å². The summed E-state index contributed by atoms with van der Waals surface area (Å²) in [5.74, 6) is -0.933. The van der Waals surface area contributed by atoms with Crippen molar-refractivity contribution in [1.29, 1.82) is 0 Å². The maximum absolute atomic E-state index is 15.2. The van der Waals surface area contributed by atoms with E-state index in [-0.39, 0.29) is 47.2 Å². The third-order valence-corrected chi connectivity index (χ3v) is 23.2. The summed E-state index contributed by atoms with van der Waals surface area (Å²) in [5, 5.41) is 172. The van der Waals surface area contributed by atoms with Gasteiger partial charge < -0.3 is 129 Å². The molecule has 0 unspecified atom stereocenters. The van der Waals surface area contributed by atoms with Crippen LogP contribution in [0.5, 0.6) is 0 Å². The number of fused-ring (bicyclic) bond motifs is 7. The fourth-order valence-electron chi connectivity index (χ4n) is 17.6. The Hall–Kier alpha value is -1.79. The lowest BCUT2D eigenvalue weighted by atomic mass is 9.33. The summed E-state index contributed by atoms with van der Waals surface area (Å²) < 4.78 is 59.2. The van der Waals surface area contributed by atoms with Gasteiger partial charge in [0.2, 0.25) is 6.29 Å². The van der Waals surface area contributed by atoms with Gasteiger partial charge in [0.1, 0.15) is 110 Å².